The molecule has 1 rings (SSSR count). The van der Waals surface area contributed by atoms with Crippen molar-refractivity contribution in [2.24, 2.45) is 0 Å². The zero-order chi connectivity index (χ0) is 12.0. The van der Waals surface area contributed by atoms with Gasteiger partial charge in [-0.3, -0.25) is 10.1 Å². The first-order valence-electron chi connectivity index (χ1n) is 5.35. The molecule has 16 heavy (non-hydrogen) atoms. The van der Waals surface area contributed by atoms with Crippen molar-refractivity contribution in [1.82, 2.24) is 15.2 Å². The number of H-pyrrole nitrogens is 1. The number of aromatic nitrogens is 1. The number of aromatic amines is 1. The van der Waals surface area contributed by atoms with Crippen molar-refractivity contribution in [3.8, 4) is 0 Å². The van der Waals surface area contributed by atoms with Gasteiger partial charge in [0.05, 0.1) is 0 Å². The summed E-state index contributed by atoms with van der Waals surface area (Å²) in [5, 5.41) is 12.1. The fourth-order valence-corrected chi connectivity index (χ4v) is 1.50. The van der Waals surface area contributed by atoms with Crippen molar-refractivity contribution in [3.63, 3.8) is 0 Å². The van der Waals surface area contributed by atoms with Crippen LogP contribution in [0.5, 0.6) is 0 Å². The maximum atomic E-state index is 11.0. The van der Waals surface area contributed by atoms with Gasteiger partial charge in [0.15, 0.2) is 0 Å². The molecule has 1 aromatic rings. The Bertz CT molecular complexity index is 309. The molecule has 0 saturated carbocycles. The molecule has 0 bridgehead atoms. The first-order chi connectivity index (χ1) is 7.61. The molecule has 5 nitrogen and oxygen atoms in total. The molecule has 0 amide bonds. The number of aliphatic carboxylic acids is 1. The Morgan fingerprint density at radius 3 is 2.88 bits per heavy atom. The first-order valence-corrected chi connectivity index (χ1v) is 5.35. The number of carbonyl (C=O) groups is 1. The van der Waals surface area contributed by atoms with Gasteiger partial charge >= 0.3 is 5.97 Å². The number of nitrogens with zero attached hydrogens (tertiary/aromatic N) is 1. The van der Waals surface area contributed by atoms with Crippen molar-refractivity contribution < 1.29 is 9.90 Å². The van der Waals surface area contributed by atoms with Crippen molar-refractivity contribution in [3.05, 3.63) is 24.0 Å². The second-order valence-electron chi connectivity index (χ2n) is 4.01. The van der Waals surface area contributed by atoms with Gasteiger partial charge in [-0.05, 0) is 45.7 Å². The zero-order valence-corrected chi connectivity index (χ0v) is 9.73. The number of rotatable bonds is 7. The van der Waals surface area contributed by atoms with Crippen LogP contribution in [0.2, 0.25) is 0 Å². The Hall–Kier alpha value is -1.33. The fraction of sp³-hybridized carbons (Fsp3) is 0.545. The summed E-state index contributed by atoms with van der Waals surface area (Å²) in [6.07, 6.45) is 2.66. The fourth-order valence-electron chi connectivity index (χ4n) is 1.50. The van der Waals surface area contributed by atoms with E-state index in [-0.39, 0.29) is 0 Å². The van der Waals surface area contributed by atoms with Gasteiger partial charge in [0, 0.05) is 11.9 Å². The highest BCUT2D eigenvalue weighted by atomic mass is 16.4. The van der Waals surface area contributed by atoms with Crippen LogP contribution in [-0.2, 0) is 4.79 Å². The molecule has 90 valence electrons. The van der Waals surface area contributed by atoms with Crippen LogP contribution in [0.4, 0.5) is 0 Å². The van der Waals surface area contributed by atoms with Gasteiger partial charge in [-0.25, -0.2) is 0 Å². The quantitative estimate of drug-likeness (QED) is 0.597. The molecule has 0 radical (unpaired) electrons. The van der Waals surface area contributed by atoms with Gasteiger partial charge in [-0.2, -0.15) is 0 Å². The van der Waals surface area contributed by atoms with Crippen LogP contribution in [0.1, 0.15) is 18.2 Å². The Kier molecular flexibility index (Phi) is 5.01. The lowest BCUT2D eigenvalue weighted by molar-refractivity contribution is -0.139. The van der Waals surface area contributed by atoms with E-state index < -0.39 is 12.0 Å². The number of carboxylic acids is 1. The molecule has 5 heteroatoms. The first kappa shape index (κ1) is 12.7. The van der Waals surface area contributed by atoms with E-state index in [0.29, 0.717) is 12.2 Å². The average molecular weight is 225 g/mol. The second-order valence-corrected chi connectivity index (χ2v) is 4.01. The van der Waals surface area contributed by atoms with Crippen LogP contribution in [-0.4, -0.2) is 48.1 Å². The zero-order valence-electron chi connectivity index (χ0n) is 9.73. The summed E-state index contributed by atoms with van der Waals surface area (Å²) in [7, 11) is 4.00. The van der Waals surface area contributed by atoms with Gasteiger partial charge < -0.3 is 15.0 Å². The highest BCUT2D eigenvalue weighted by Gasteiger charge is 2.19. The van der Waals surface area contributed by atoms with Crippen LogP contribution >= 0.6 is 0 Å². The molecule has 1 heterocycles. The minimum absolute atomic E-state index is 0.642. The molecule has 0 saturated heterocycles. The molecule has 1 atom stereocenters. The van der Waals surface area contributed by atoms with Gasteiger partial charge in [-0.1, -0.05) is 0 Å². The Balaban J connectivity index is 2.39. The highest BCUT2D eigenvalue weighted by molar-refractivity contribution is 5.74. The Morgan fingerprint density at radius 2 is 2.38 bits per heavy atom. The van der Waals surface area contributed by atoms with Gasteiger partial charge in [-0.15, -0.1) is 0 Å². The summed E-state index contributed by atoms with van der Waals surface area (Å²) < 4.78 is 0. The minimum Gasteiger partial charge on any atom is -0.480 e. The molecule has 0 aliphatic carbocycles. The largest absolute Gasteiger partial charge is 0.480 e. The number of hydrogen-bond acceptors (Lipinski definition) is 3. The molecule has 3 N–H and O–H groups in total. The maximum absolute atomic E-state index is 11.0. The van der Waals surface area contributed by atoms with E-state index in [2.05, 4.69) is 15.2 Å². The van der Waals surface area contributed by atoms with Crippen LogP contribution < -0.4 is 5.32 Å². The van der Waals surface area contributed by atoms with Crippen LogP contribution in [0.15, 0.2) is 18.3 Å². The van der Waals surface area contributed by atoms with Crippen molar-refractivity contribution >= 4 is 5.97 Å². The van der Waals surface area contributed by atoms with Gasteiger partial charge in [0.2, 0.25) is 0 Å². The molecule has 0 aromatic carbocycles. The Labute approximate surface area is 95.5 Å². The van der Waals surface area contributed by atoms with E-state index in [4.69, 9.17) is 5.11 Å². The summed E-state index contributed by atoms with van der Waals surface area (Å²) in [6, 6.07) is 2.93. The number of nitrogens with one attached hydrogen (secondary N) is 2. The second kappa shape index (κ2) is 6.30. The molecule has 1 aromatic heterocycles. The molecule has 0 fully saturated rings. The predicted molar refractivity (Wildman–Crippen MR) is 62.3 cm³/mol. The standard InChI is InChI=1S/C11H19N3O2/c1-14(2)8-4-7-13-10(11(15)16)9-5-3-6-12-9/h3,5-6,10,12-13H,4,7-8H2,1-2H3,(H,15,16). The minimum atomic E-state index is -0.854. The van der Waals surface area contributed by atoms with Crippen LogP contribution in [0, 0.1) is 0 Å². The van der Waals surface area contributed by atoms with E-state index in [1.54, 1.807) is 18.3 Å². The van der Waals surface area contributed by atoms with Gasteiger partial charge in [0.1, 0.15) is 6.04 Å². The third-order valence-electron chi connectivity index (χ3n) is 2.31. The van der Waals surface area contributed by atoms with Gasteiger partial charge in [0.25, 0.3) is 0 Å². The summed E-state index contributed by atoms with van der Waals surface area (Å²) in [4.78, 5) is 16.0. The van der Waals surface area contributed by atoms with Crippen molar-refractivity contribution in [2.75, 3.05) is 27.2 Å². The summed E-state index contributed by atoms with van der Waals surface area (Å²) >= 11 is 0. The summed E-state index contributed by atoms with van der Waals surface area (Å²) in [5.41, 5.74) is 0.692. The third-order valence-corrected chi connectivity index (χ3v) is 2.31. The smallest absolute Gasteiger partial charge is 0.326 e. The third kappa shape index (κ3) is 4.04. The lowest BCUT2D eigenvalue weighted by Gasteiger charge is -2.14. The van der Waals surface area contributed by atoms with Crippen LogP contribution in [0.25, 0.3) is 0 Å². The summed E-state index contributed by atoms with van der Waals surface area (Å²) in [5.74, 6) is -0.854. The normalized spacial score (nSPS) is 12.9. The lowest BCUT2D eigenvalue weighted by atomic mass is 10.2. The van der Waals surface area contributed by atoms with E-state index in [9.17, 15) is 4.79 Å². The van der Waals surface area contributed by atoms with E-state index in [1.165, 1.54) is 0 Å². The van der Waals surface area contributed by atoms with E-state index in [1.807, 2.05) is 14.1 Å². The van der Waals surface area contributed by atoms with Crippen molar-refractivity contribution in [1.29, 1.82) is 0 Å². The average Bonchev–Trinajstić information content (AvgIpc) is 2.69. The molecule has 0 aliphatic heterocycles. The molecule has 1 unspecified atom stereocenters. The highest BCUT2D eigenvalue weighted by Crippen LogP contribution is 2.09. The lowest BCUT2D eigenvalue weighted by Crippen LogP contribution is -2.31. The molecule has 0 aliphatic rings. The number of hydrogen-bond donors (Lipinski definition) is 3. The van der Waals surface area contributed by atoms with E-state index in [0.717, 1.165) is 13.0 Å². The predicted octanol–water partition coefficient (Wildman–Crippen LogP) is 0.682. The monoisotopic (exact) mass is 225 g/mol. The van der Waals surface area contributed by atoms with Crippen molar-refractivity contribution in [2.45, 2.75) is 12.5 Å². The van der Waals surface area contributed by atoms with Crippen LogP contribution in [0.3, 0.4) is 0 Å². The SMILES string of the molecule is CN(C)CCCNC(C(=O)O)c1ccc[nH]1. The Morgan fingerprint density at radius 1 is 1.62 bits per heavy atom. The number of carboxylic acid groups (broad SMARTS) is 1. The maximum Gasteiger partial charge on any atom is 0.326 e. The van der Waals surface area contributed by atoms with E-state index >= 15 is 0 Å². The molecular weight excluding hydrogens is 206 g/mol. The molecular formula is C11H19N3O2. The molecule has 0 spiro atoms. The summed E-state index contributed by atoms with van der Waals surface area (Å²) in [6.45, 7) is 1.64. The topological polar surface area (TPSA) is 68.4 Å².